The molecule has 6 heteroatoms. The molecule has 0 spiro atoms. The fourth-order valence-electron chi connectivity index (χ4n) is 2.22. The molecule has 2 amide bonds. The van der Waals surface area contributed by atoms with Crippen molar-refractivity contribution in [2.75, 3.05) is 32.7 Å². The number of rotatable bonds is 5. The summed E-state index contributed by atoms with van der Waals surface area (Å²) in [5, 5.41) is 2.68. The number of carbonyl (C=O) groups is 2. The second kappa shape index (κ2) is 7.09. The number of hydrogen-bond acceptors (Lipinski definition) is 4. The minimum absolute atomic E-state index is 0.0904. The average molecular weight is 279 g/mol. The Hall–Kier alpha value is -1.82. The van der Waals surface area contributed by atoms with E-state index < -0.39 is 0 Å². The largest absolute Gasteiger partial charge is 0.467 e. The molecule has 0 radical (unpaired) electrons. The summed E-state index contributed by atoms with van der Waals surface area (Å²) in [7, 11) is 0. The van der Waals surface area contributed by atoms with Gasteiger partial charge in [-0.25, -0.2) is 0 Å². The summed E-state index contributed by atoms with van der Waals surface area (Å²) >= 11 is 0. The topological polar surface area (TPSA) is 65.8 Å². The van der Waals surface area contributed by atoms with Gasteiger partial charge in [-0.2, -0.15) is 0 Å². The van der Waals surface area contributed by atoms with Crippen LogP contribution in [0.5, 0.6) is 0 Å². The first-order chi connectivity index (χ1) is 9.69. The average Bonchev–Trinajstić information content (AvgIpc) is 2.98. The van der Waals surface area contributed by atoms with Crippen LogP contribution >= 0.6 is 0 Å². The molecule has 1 saturated heterocycles. The van der Waals surface area contributed by atoms with E-state index in [0.29, 0.717) is 25.4 Å². The minimum atomic E-state index is -0.260. The number of hydrogen-bond donors (Lipinski definition) is 1. The molecule has 6 nitrogen and oxygen atoms in total. The van der Waals surface area contributed by atoms with Crippen molar-refractivity contribution < 1.29 is 14.0 Å². The van der Waals surface area contributed by atoms with Crippen molar-refractivity contribution in [2.45, 2.75) is 19.9 Å². The molecule has 2 heterocycles. The third-order valence-corrected chi connectivity index (χ3v) is 3.52. The van der Waals surface area contributed by atoms with E-state index in [1.807, 2.05) is 0 Å². The van der Waals surface area contributed by atoms with Gasteiger partial charge >= 0.3 is 0 Å². The fourth-order valence-corrected chi connectivity index (χ4v) is 2.22. The van der Waals surface area contributed by atoms with Gasteiger partial charge in [0.2, 0.25) is 11.8 Å². The van der Waals surface area contributed by atoms with Crippen molar-refractivity contribution in [2.24, 2.45) is 0 Å². The first-order valence-corrected chi connectivity index (χ1v) is 6.98. The van der Waals surface area contributed by atoms with Crippen molar-refractivity contribution >= 4 is 11.8 Å². The number of amides is 2. The number of likely N-dealkylation sites (N-methyl/N-ethyl adjacent to an activating group) is 1. The maximum atomic E-state index is 12.0. The lowest BCUT2D eigenvalue weighted by Gasteiger charge is -2.33. The monoisotopic (exact) mass is 279 g/mol. The smallest absolute Gasteiger partial charge is 0.232 e. The molecule has 0 unspecified atom stereocenters. The highest BCUT2D eigenvalue weighted by Gasteiger charge is 2.21. The second-order valence-electron chi connectivity index (χ2n) is 4.85. The van der Waals surface area contributed by atoms with Crippen molar-refractivity contribution in [1.29, 1.82) is 0 Å². The predicted octanol–water partition coefficient (Wildman–Crippen LogP) is 0.450. The molecule has 1 aliphatic heterocycles. The third-order valence-electron chi connectivity index (χ3n) is 3.52. The van der Waals surface area contributed by atoms with Crippen LogP contribution in [0.25, 0.3) is 0 Å². The molecule has 0 aliphatic carbocycles. The number of carbonyl (C=O) groups excluding carboxylic acids is 2. The van der Waals surface area contributed by atoms with E-state index in [9.17, 15) is 9.59 Å². The Morgan fingerprint density at radius 2 is 2.05 bits per heavy atom. The summed E-state index contributed by atoms with van der Waals surface area (Å²) < 4.78 is 5.11. The minimum Gasteiger partial charge on any atom is -0.467 e. The lowest BCUT2D eigenvalue weighted by Crippen LogP contribution is -2.49. The summed E-state index contributed by atoms with van der Waals surface area (Å²) in [6.07, 6.45) is 1.46. The molecule has 0 aromatic carbocycles. The Bertz CT molecular complexity index is 437. The van der Waals surface area contributed by atoms with Crippen LogP contribution in [0.4, 0.5) is 0 Å². The number of furan rings is 1. The SMILES string of the molecule is CCN1CCN(C(=O)CC(=O)NCc2ccco2)CC1. The molecular formula is C14H21N3O3. The van der Waals surface area contributed by atoms with Crippen LogP contribution in [-0.2, 0) is 16.1 Å². The highest BCUT2D eigenvalue weighted by Crippen LogP contribution is 2.04. The lowest BCUT2D eigenvalue weighted by molar-refractivity contribution is -0.137. The Morgan fingerprint density at radius 3 is 2.65 bits per heavy atom. The number of nitrogens with zero attached hydrogens (tertiary/aromatic N) is 2. The van der Waals surface area contributed by atoms with Gasteiger partial charge in [0, 0.05) is 26.2 Å². The van der Waals surface area contributed by atoms with E-state index in [1.165, 1.54) is 0 Å². The van der Waals surface area contributed by atoms with Crippen LogP contribution in [0, 0.1) is 0 Å². The Balaban J connectivity index is 1.70. The van der Waals surface area contributed by atoms with Gasteiger partial charge in [0.05, 0.1) is 12.8 Å². The Kier molecular flexibility index (Phi) is 5.17. The zero-order valence-corrected chi connectivity index (χ0v) is 11.8. The fraction of sp³-hybridized carbons (Fsp3) is 0.571. The van der Waals surface area contributed by atoms with Gasteiger partial charge in [-0.05, 0) is 18.7 Å². The van der Waals surface area contributed by atoms with Gasteiger partial charge in [0.25, 0.3) is 0 Å². The summed E-state index contributed by atoms with van der Waals surface area (Å²) in [5.74, 6) is 0.323. The van der Waals surface area contributed by atoms with Gasteiger partial charge in [-0.1, -0.05) is 6.92 Å². The van der Waals surface area contributed by atoms with Crippen molar-refractivity contribution in [3.05, 3.63) is 24.2 Å². The molecule has 20 heavy (non-hydrogen) atoms. The first-order valence-electron chi connectivity index (χ1n) is 6.98. The van der Waals surface area contributed by atoms with Crippen LogP contribution in [0.2, 0.25) is 0 Å². The molecule has 2 rings (SSSR count). The molecule has 1 aromatic heterocycles. The van der Waals surface area contributed by atoms with Gasteiger partial charge in [0.1, 0.15) is 12.2 Å². The molecule has 110 valence electrons. The maximum Gasteiger partial charge on any atom is 0.232 e. The molecule has 0 saturated carbocycles. The summed E-state index contributed by atoms with van der Waals surface area (Å²) in [4.78, 5) is 27.7. The molecule has 0 bridgehead atoms. The highest BCUT2D eigenvalue weighted by molar-refractivity contribution is 5.96. The summed E-state index contributed by atoms with van der Waals surface area (Å²) in [5.41, 5.74) is 0. The summed E-state index contributed by atoms with van der Waals surface area (Å²) in [6, 6.07) is 3.55. The van der Waals surface area contributed by atoms with Gasteiger partial charge in [-0.15, -0.1) is 0 Å². The molecule has 1 aromatic rings. The van der Waals surface area contributed by atoms with E-state index in [4.69, 9.17) is 4.42 Å². The van der Waals surface area contributed by atoms with Gasteiger partial charge in [-0.3, -0.25) is 9.59 Å². The molecule has 1 aliphatic rings. The van der Waals surface area contributed by atoms with Crippen LogP contribution in [0.1, 0.15) is 19.1 Å². The summed E-state index contributed by atoms with van der Waals surface area (Å²) in [6.45, 7) is 6.62. The van der Waals surface area contributed by atoms with Crippen LogP contribution < -0.4 is 5.32 Å². The van der Waals surface area contributed by atoms with E-state index in [1.54, 1.807) is 23.3 Å². The van der Waals surface area contributed by atoms with E-state index in [2.05, 4.69) is 17.1 Å². The van der Waals surface area contributed by atoms with E-state index in [-0.39, 0.29) is 18.2 Å². The van der Waals surface area contributed by atoms with Crippen LogP contribution in [0.3, 0.4) is 0 Å². The second-order valence-corrected chi connectivity index (χ2v) is 4.85. The molecule has 1 N–H and O–H groups in total. The number of nitrogens with one attached hydrogen (secondary N) is 1. The predicted molar refractivity (Wildman–Crippen MR) is 73.9 cm³/mol. The zero-order chi connectivity index (χ0) is 14.4. The van der Waals surface area contributed by atoms with Crippen molar-refractivity contribution in [1.82, 2.24) is 15.1 Å². The highest BCUT2D eigenvalue weighted by atomic mass is 16.3. The normalized spacial score (nSPS) is 16.1. The molecular weight excluding hydrogens is 258 g/mol. The molecule has 1 fully saturated rings. The maximum absolute atomic E-state index is 12.0. The first kappa shape index (κ1) is 14.6. The van der Waals surface area contributed by atoms with E-state index in [0.717, 1.165) is 19.6 Å². The standard InChI is InChI=1S/C14H21N3O3/c1-2-16-5-7-17(8-6-16)14(19)10-13(18)15-11-12-4-3-9-20-12/h3-4,9H,2,5-8,10-11H2,1H3,(H,15,18). The van der Waals surface area contributed by atoms with Gasteiger partial charge < -0.3 is 19.5 Å². The van der Waals surface area contributed by atoms with Crippen molar-refractivity contribution in [3.63, 3.8) is 0 Å². The Labute approximate surface area is 118 Å². The Morgan fingerprint density at radius 1 is 1.30 bits per heavy atom. The van der Waals surface area contributed by atoms with Crippen LogP contribution in [0.15, 0.2) is 22.8 Å². The van der Waals surface area contributed by atoms with Crippen molar-refractivity contribution in [3.8, 4) is 0 Å². The quantitative estimate of drug-likeness (QED) is 0.795. The van der Waals surface area contributed by atoms with E-state index >= 15 is 0 Å². The van der Waals surface area contributed by atoms with Gasteiger partial charge in [0.15, 0.2) is 0 Å². The zero-order valence-electron chi connectivity index (χ0n) is 11.8. The van der Waals surface area contributed by atoms with Crippen LogP contribution in [-0.4, -0.2) is 54.3 Å². The lowest BCUT2D eigenvalue weighted by atomic mass is 10.2. The number of piperazine rings is 1. The molecule has 0 atom stereocenters. The third kappa shape index (κ3) is 4.09.